The molecule has 1 aliphatic heterocycles. The van der Waals surface area contributed by atoms with Crippen LogP contribution in [0.4, 0.5) is 0 Å². The first-order chi connectivity index (χ1) is 8.95. The van der Waals surface area contributed by atoms with Crippen molar-refractivity contribution in [1.29, 1.82) is 0 Å². The molecule has 1 aromatic rings. The molecule has 0 bridgehead atoms. The molecule has 7 heteroatoms. The Balaban J connectivity index is 2.21. The first kappa shape index (κ1) is 13.8. The maximum absolute atomic E-state index is 12.3. The van der Waals surface area contributed by atoms with Crippen LogP contribution >= 0.6 is 0 Å². The number of esters is 1. The lowest BCUT2D eigenvalue weighted by atomic mass is 10.1. The molecule has 1 unspecified atom stereocenters. The van der Waals surface area contributed by atoms with E-state index >= 15 is 0 Å². The van der Waals surface area contributed by atoms with Gasteiger partial charge in [0.05, 0.1) is 17.9 Å². The monoisotopic (exact) mass is 285 g/mol. The summed E-state index contributed by atoms with van der Waals surface area (Å²) in [6.07, 6.45) is 0.449. The molecular formula is C12H15NO5S. The molecule has 0 aliphatic carbocycles. The van der Waals surface area contributed by atoms with Crippen LogP contribution in [0.5, 0.6) is 5.75 Å². The Bertz CT molecular complexity index is 584. The summed E-state index contributed by atoms with van der Waals surface area (Å²) in [7, 11) is -2.38. The average molecular weight is 285 g/mol. The molecule has 1 saturated heterocycles. The van der Waals surface area contributed by atoms with Crippen LogP contribution in [0.2, 0.25) is 0 Å². The van der Waals surface area contributed by atoms with E-state index < -0.39 is 21.9 Å². The van der Waals surface area contributed by atoms with Crippen LogP contribution in [0.25, 0.3) is 0 Å². The summed E-state index contributed by atoms with van der Waals surface area (Å²) in [6.45, 7) is 0.391. The lowest BCUT2D eigenvalue weighted by molar-refractivity contribution is -0.144. The number of aromatic hydroxyl groups is 1. The molecule has 0 radical (unpaired) electrons. The lowest BCUT2D eigenvalue weighted by Crippen LogP contribution is -2.30. The second-order valence-electron chi connectivity index (χ2n) is 4.37. The Morgan fingerprint density at radius 3 is 2.84 bits per heavy atom. The molecule has 1 heterocycles. The minimum absolute atomic E-state index is 0.0259. The van der Waals surface area contributed by atoms with Crippen molar-refractivity contribution >= 4 is 16.0 Å². The molecule has 1 atom stereocenters. The number of methoxy groups -OCH3 is 1. The SMILES string of the molecule is COC(=O)C1CCN(S(=O)(=O)c2cccc(O)c2)C1. The van der Waals surface area contributed by atoms with Gasteiger partial charge in [-0.15, -0.1) is 0 Å². The van der Waals surface area contributed by atoms with Crippen molar-refractivity contribution in [3.8, 4) is 5.75 Å². The highest BCUT2D eigenvalue weighted by Crippen LogP contribution is 2.26. The Morgan fingerprint density at radius 2 is 2.21 bits per heavy atom. The van der Waals surface area contributed by atoms with E-state index in [1.165, 1.54) is 35.7 Å². The van der Waals surface area contributed by atoms with Gasteiger partial charge < -0.3 is 9.84 Å². The number of hydrogen-bond donors (Lipinski definition) is 1. The third-order valence-corrected chi connectivity index (χ3v) is 5.00. The molecule has 19 heavy (non-hydrogen) atoms. The van der Waals surface area contributed by atoms with Crippen LogP contribution in [-0.2, 0) is 19.6 Å². The van der Waals surface area contributed by atoms with Gasteiger partial charge in [0, 0.05) is 13.1 Å². The summed E-state index contributed by atoms with van der Waals surface area (Å²) in [4.78, 5) is 11.4. The van der Waals surface area contributed by atoms with E-state index in [4.69, 9.17) is 0 Å². The maximum Gasteiger partial charge on any atom is 0.310 e. The van der Waals surface area contributed by atoms with Crippen LogP contribution in [0.3, 0.4) is 0 Å². The van der Waals surface area contributed by atoms with E-state index in [2.05, 4.69) is 4.74 Å². The number of benzene rings is 1. The maximum atomic E-state index is 12.3. The zero-order chi connectivity index (χ0) is 14.0. The summed E-state index contributed by atoms with van der Waals surface area (Å²) in [5.41, 5.74) is 0. The molecule has 1 aromatic carbocycles. The second kappa shape index (κ2) is 5.18. The molecule has 0 spiro atoms. The molecular weight excluding hydrogens is 270 g/mol. The first-order valence-corrected chi connectivity index (χ1v) is 7.26. The average Bonchev–Trinajstić information content (AvgIpc) is 2.88. The van der Waals surface area contributed by atoms with Crippen molar-refractivity contribution in [2.24, 2.45) is 5.92 Å². The number of phenolic OH excluding ortho intramolecular Hbond substituents is 1. The van der Waals surface area contributed by atoms with Crippen LogP contribution in [-0.4, -0.2) is 44.0 Å². The Labute approximate surface area is 111 Å². The van der Waals surface area contributed by atoms with E-state index in [0.717, 1.165) is 0 Å². The Kier molecular flexibility index (Phi) is 3.77. The lowest BCUT2D eigenvalue weighted by Gasteiger charge is -2.16. The van der Waals surface area contributed by atoms with Crippen molar-refractivity contribution in [2.75, 3.05) is 20.2 Å². The van der Waals surface area contributed by atoms with Gasteiger partial charge in [0.15, 0.2) is 0 Å². The first-order valence-electron chi connectivity index (χ1n) is 5.82. The zero-order valence-corrected chi connectivity index (χ0v) is 11.3. The largest absolute Gasteiger partial charge is 0.508 e. The summed E-state index contributed by atoms with van der Waals surface area (Å²) in [6, 6.07) is 5.48. The summed E-state index contributed by atoms with van der Waals surface area (Å²) in [5, 5.41) is 9.34. The number of carbonyl (C=O) groups is 1. The molecule has 0 aromatic heterocycles. The van der Waals surface area contributed by atoms with Gasteiger partial charge in [-0.2, -0.15) is 4.31 Å². The van der Waals surface area contributed by atoms with Gasteiger partial charge in [0.2, 0.25) is 10.0 Å². The zero-order valence-electron chi connectivity index (χ0n) is 10.4. The van der Waals surface area contributed by atoms with Crippen LogP contribution in [0, 0.1) is 5.92 Å². The molecule has 0 saturated carbocycles. The van der Waals surface area contributed by atoms with Crippen molar-refractivity contribution in [3.05, 3.63) is 24.3 Å². The number of nitrogens with zero attached hydrogens (tertiary/aromatic N) is 1. The van der Waals surface area contributed by atoms with Crippen molar-refractivity contribution in [1.82, 2.24) is 4.31 Å². The quantitative estimate of drug-likeness (QED) is 0.821. The minimum atomic E-state index is -3.67. The van der Waals surface area contributed by atoms with Crippen LogP contribution in [0.15, 0.2) is 29.2 Å². The van der Waals surface area contributed by atoms with Crippen molar-refractivity contribution in [3.63, 3.8) is 0 Å². The summed E-state index contributed by atoms with van der Waals surface area (Å²) in [5.74, 6) is -0.921. The fourth-order valence-corrected chi connectivity index (χ4v) is 3.64. The van der Waals surface area contributed by atoms with Gasteiger partial charge in [-0.3, -0.25) is 4.79 Å². The standard InChI is InChI=1S/C12H15NO5S/c1-18-12(15)9-5-6-13(8-9)19(16,17)11-4-2-3-10(14)7-11/h2-4,7,9,14H,5-6,8H2,1H3. The Hall–Kier alpha value is -1.60. The number of sulfonamides is 1. The van der Waals surface area contributed by atoms with Crippen LogP contribution < -0.4 is 0 Å². The Morgan fingerprint density at radius 1 is 1.47 bits per heavy atom. The predicted molar refractivity (Wildman–Crippen MR) is 67.0 cm³/mol. The third kappa shape index (κ3) is 2.71. The fourth-order valence-electron chi connectivity index (χ4n) is 2.10. The molecule has 2 rings (SSSR count). The number of carbonyl (C=O) groups excluding carboxylic acids is 1. The van der Waals surface area contributed by atoms with Crippen molar-refractivity contribution in [2.45, 2.75) is 11.3 Å². The topological polar surface area (TPSA) is 83.9 Å². The summed E-state index contributed by atoms with van der Waals surface area (Å²) >= 11 is 0. The minimum Gasteiger partial charge on any atom is -0.508 e. The van der Waals surface area contributed by atoms with Crippen molar-refractivity contribution < 1.29 is 23.1 Å². The second-order valence-corrected chi connectivity index (χ2v) is 6.31. The van der Waals surface area contributed by atoms with E-state index in [9.17, 15) is 18.3 Å². The van der Waals surface area contributed by atoms with Gasteiger partial charge >= 0.3 is 5.97 Å². The smallest absolute Gasteiger partial charge is 0.310 e. The highest BCUT2D eigenvalue weighted by molar-refractivity contribution is 7.89. The highest BCUT2D eigenvalue weighted by Gasteiger charge is 2.36. The molecule has 104 valence electrons. The van der Waals surface area contributed by atoms with E-state index in [0.29, 0.717) is 6.42 Å². The van der Waals surface area contributed by atoms with Gasteiger partial charge in [0.1, 0.15) is 5.75 Å². The van der Waals surface area contributed by atoms with Gasteiger partial charge in [-0.05, 0) is 24.6 Å². The molecule has 1 N–H and O–H groups in total. The van der Waals surface area contributed by atoms with Crippen LogP contribution in [0.1, 0.15) is 6.42 Å². The van der Waals surface area contributed by atoms with Gasteiger partial charge in [0.25, 0.3) is 0 Å². The molecule has 1 aliphatic rings. The summed E-state index contributed by atoms with van der Waals surface area (Å²) < 4.78 is 30.5. The predicted octanol–water partition coefficient (Wildman–Crippen LogP) is 0.576. The number of ether oxygens (including phenoxy) is 1. The molecule has 6 nitrogen and oxygen atoms in total. The normalized spacial score (nSPS) is 20.4. The number of rotatable bonds is 3. The van der Waals surface area contributed by atoms with Gasteiger partial charge in [-0.1, -0.05) is 6.07 Å². The van der Waals surface area contributed by atoms with E-state index in [-0.39, 0.29) is 23.7 Å². The number of phenols is 1. The number of hydrogen-bond acceptors (Lipinski definition) is 5. The fraction of sp³-hybridized carbons (Fsp3) is 0.417. The highest BCUT2D eigenvalue weighted by atomic mass is 32.2. The molecule has 1 fully saturated rings. The van der Waals surface area contributed by atoms with Gasteiger partial charge in [-0.25, -0.2) is 8.42 Å². The van der Waals surface area contributed by atoms with E-state index in [1.807, 2.05) is 0 Å². The van der Waals surface area contributed by atoms with E-state index in [1.54, 1.807) is 0 Å². The third-order valence-electron chi connectivity index (χ3n) is 3.14. The molecule has 0 amide bonds.